The van der Waals surface area contributed by atoms with Gasteiger partial charge in [0.1, 0.15) is 18.7 Å². The molecule has 4 aromatic carbocycles. The Bertz CT molecular complexity index is 2260. The number of esters is 1. The van der Waals surface area contributed by atoms with Gasteiger partial charge in [0, 0.05) is 38.4 Å². The van der Waals surface area contributed by atoms with Gasteiger partial charge in [-0.1, -0.05) is 54.6 Å². The van der Waals surface area contributed by atoms with E-state index in [0.717, 1.165) is 36.3 Å². The van der Waals surface area contributed by atoms with Crippen molar-refractivity contribution in [3.8, 4) is 0 Å². The molecule has 14 heteroatoms. The number of amides is 3. The van der Waals surface area contributed by atoms with Crippen molar-refractivity contribution in [2.75, 3.05) is 39.5 Å². The van der Waals surface area contributed by atoms with Crippen LogP contribution in [0.3, 0.4) is 0 Å². The van der Waals surface area contributed by atoms with Gasteiger partial charge in [0.05, 0.1) is 19.3 Å². The molecule has 0 saturated heterocycles. The Hall–Kier alpha value is -5.76. The lowest BCUT2D eigenvalue weighted by Gasteiger charge is -2.31. The molecule has 0 fully saturated rings. The van der Waals surface area contributed by atoms with Crippen molar-refractivity contribution < 1.29 is 33.4 Å². The van der Waals surface area contributed by atoms with Crippen molar-refractivity contribution in [2.45, 2.75) is 84.4 Å². The number of carbonyl (C=O) groups is 4. The molecular formula is C43H53N5O9. The van der Waals surface area contributed by atoms with Gasteiger partial charge < -0.3 is 29.7 Å². The highest BCUT2D eigenvalue weighted by Gasteiger charge is 2.29. The Labute approximate surface area is 331 Å². The first-order valence-corrected chi connectivity index (χ1v) is 19.5. The number of unbranched alkanes of at least 4 members (excludes halogenated alkanes) is 2. The highest BCUT2D eigenvalue weighted by Crippen LogP contribution is 2.36. The maximum Gasteiger partial charge on any atom is 0.407 e. The SMILES string of the molecule is CCOC(=O)CN(C(=O)Cn1ccc(=O)[nH]c1=O)C(CNC(=O)OC(C)(C)C)COCCCCCNC(=O)CCCc1ccc2ccc3cccc4ccc1c2c34. The zero-order chi connectivity index (χ0) is 41.0. The van der Waals surface area contributed by atoms with Gasteiger partial charge in [-0.15, -0.1) is 0 Å². The van der Waals surface area contributed by atoms with Gasteiger partial charge in [-0.05, 0) is 97.7 Å². The van der Waals surface area contributed by atoms with Crippen LogP contribution < -0.4 is 21.9 Å². The molecule has 5 rings (SSSR count). The monoisotopic (exact) mass is 783 g/mol. The smallest absolute Gasteiger partial charge is 0.407 e. The Morgan fingerprint density at radius 1 is 0.860 bits per heavy atom. The molecule has 0 radical (unpaired) electrons. The summed E-state index contributed by atoms with van der Waals surface area (Å²) >= 11 is 0. The number of nitrogens with one attached hydrogen (secondary N) is 3. The number of aromatic amines is 1. The fourth-order valence-corrected chi connectivity index (χ4v) is 6.84. The lowest BCUT2D eigenvalue weighted by molar-refractivity contribution is -0.151. The molecular weight excluding hydrogens is 730 g/mol. The van der Waals surface area contributed by atoms with Crippen LogP contribution in [-0.2, 0) is 41.6 Å². The third-order valence-electron chi connectivity index (χ3n) is 9.52. The Morgan fingerprint density at radius 2 is 1.58 bits per heavy atom. The van der Waals surface area contributed by atoms with Gasteiger partial charge in [0.25, 0.3) is 5.56 Å². The first kappa shape index (κ1) is 42.4. The molecule has 3 N–H and O–H groups in total. The number of alkyl carbamates (subject to hydrolysis) is 1. The predicted molar refractivity (Wildman–Crippen MR) is 218 cm³/mol. The molecule has 0 bridgehead atoms. The van der Waals surface area contributed by atoms with E-state index in [-0.39, 0.29) is 25.7 Å². The fraction of sp³-hybridized carbons (Fsp3) is 0.442. The molecule has 1 atom stereocenters. The average molecular weight is 784 g/mol. The summed E-state index contributed by atoms with van der Waals surface area (Å²) in [4.78, 5) is 78.5. The second-order valence-electron chi connectivity index (χ2n) is 15.0. The zero-order valence-corrected chi connectivity index (χ0v) is 33.2. The third kappa shape index (κ3) is 12.1. The average Bonchev–Trinajstić information content (AvgIpc) is 3.16. The minimum absolute atomic E-state index is 0.0137. The van der Waals surface area contributed by atoms with Crippen molar-refractivity contribution in [3.05, 3.63) is 93.3 Å². The predicted octanol–water partition coefficient (Wildman–Crippen LogP) is 5.05. The van der Waals surface area contributed by atoms with Crippen LogP contribution in [-0.4, -0.2) is 89.4 Å². The molecule has 57 heavy (non-hydrogen) atoms. The highest BCUT2D eigenvalue weighted by molar-refractivity contribution is 6.23. The van der Waals surface area contributed by atoms with E-state index in [1.807, 2.05) is 0 Å². The number of nitrogens with zero attached hydrogens (tertiary/aromatic N) is 2. The molecule has 14 nitrogen and oxygen atoms in total. The van der Waals surface area contributed by atoms with Crippen LogP contribution in [0, 0.1) is 0 Å². The van der Waals surface area contributed by atoms with Crippen molar-refractivity contribution in [1.82, 2.24) is 25.1 Å². The van der Waals surface area contributed by atoms with E-state index in [1.54, 1.807) is 27.7 Å². The Morgan fingerprint density at radius 3 is 2.30 bits per heavy atom. The molecule has 3 amide bonds. The maximum absolute atomic E-state index is 13.6. The highest BCUT2D eigenvalue weighted by atomic mass is 16.6. The number of hydrogen-bond donors (Lipinski definition) is 3. The van der Waals surface area contributed by atoms with Crippen molar-refractivity contribution in [2.24, 2.45) is 0 Å². The van der Waals surface area contributed by atoms with Crippen LogP contribution in [0.1, 0.15) is 65.4 Å². The summed E-state index contributed by atoms with van der Waals surface area (Å²) in [5.74, 6) is -1.31. The quantitative estimate of drug-likeness (QED) is 0.0554. The minimum atomic E-state index is -0.839. The standard InChI is InChI=1S/C43H53N5O9/c1-5-56-38(52)27-48(37(51)26-47-23-21-36(50)46-41(47)53)33(25-45-42(54)57-43(2,3)4)28-55-24-8-6-7-22-44-35(49)14-10-11-29-15-16-32-18-17-30-12-9-13-31-19-20-34(29)40(32)39(30)31/h9,12-13,15-21,23,33H,5-8,10-11,14,22,24-28H2,1-4H3,(H,44,49)(H,45,54)(H,46,50,53). The van der Waals surface area contributed by atoms with Crippen LogP contribution in [0.25, 0.3) is 32.3 Å². The lowest BCUT2D eigenvalue weighted by atomic mass is 9.90. The molecule has 5 aromatic rings. The molecule has 304 valence electrons. The van der Waals surface area contributed by atoms with Gasteiger partial charge in [-0.3, -0.25) is 28.7 Å². The number of aryl methyl sites for hydroxylation is 1. The molecule has 0 saturated carbocycles. The third-order valence-corrected chi connectivity index (χ3v) is 9.52. The first-order valence-electron chi connectivity index (χ1n) is 19.5. The van der Waals surface area contributed by atoms with E-state index in [1.165, 1.54) is 49.0 Å². The number of benzene rings is 4. The van der Waals surface area contributed by atoms with Crippen LogP contribution in [0.4, 0.5) is 4.79 Å². The van der Waals surface area contributed by atoms with E-state index in [9.17, 15) is 28.8 Å². The molecule has 0 aliphatic carbocycles. The number of hydrogen-bond acceptors (Lipinski definition) is 9. The van der Waals surface area contributed by atoms with Crippen LogP contribution in [0.2, 0.25) is 0 Å². The summed E-state index contributed by atoms with van der Waals surface area (Å²) in [6.45, 7) is 6.59. The van der Waals surface area contributed by atoms with Crippen LogP contribution in [0.15, 0.2) is 76.4 Å². The van der Waals surface area contributed by atoms with E-state index in [0.29, 0.717) is 26.0 Å². The Kier molecular flexibility index (Phi) is 14.8. The van der Waals surface area contributed by atoms with Gasteiger partial charge in [0.2, 0.25) is 11.8 Å². The molecule has 1 heterocycles. The summed E-state index contributed by atoms with van der Waals surface area (Å²) in [5.41, 5.74) is -0.931. The molecule has 1 aromatic heterocycles. The number of rotatable bonds is 20. The summed E-state index contributed by atoms with van der Waals surface area (Å²) < 4.78 is 17.4. The van der Waals surface area contributed by atoms with E-state index < -0.39 is 54.0 Å². The number of aromatic nitrogens is 2. The zero-order valence-electron chi connectivity index (χ0n) is 33.2. The number of carbonyl (C=O) groups excluding carboxylic acids is 4. The molecule has 0 aliphatic heterocycles. The topological polar surface area (TPSA) is 178 Å². The van der Waals surface area contributed by atoms with E-state index in [4.69, 9.17) is 14.2 Å². The Balaban J connectivity index is 1.08. The molecule has 1 unspecified atom stereocenters. The second kappa shape index (κ2) is 19.9. The lowest BCUT2D eigenvalue weighted by Crippen LogP contribution is -2.53. The van der Waals surface area contributed by atoms with Crippen molar-refractivity contribution in [1.29, 1.82) is 0 Å². The number of ether oxygens (including phenoxy) is 3. The largest absolute Gasteiger partial charge is 0.465 e. The van der Waals surface area contributed by atoms with Crippen LogP contribution in [0.5, 0.6) is 0 Å². The first-order chi connectivity index (χ1) is 27.3. The summed E-state index contributed by atoms with van der Waals surface area (Å²) in [5, 5.41) is 13.2. The van der Waals surface area contributed by atoms with Crippen molar-refractivity contribution >= 4 is 56.2 Å². The van der Waals surface area contributed by atoms with E-state index >= 15 is 0 Å². The van der Waals surface area contributed by atoms with Crippen molar-refractivity contribution in [3.63, 3.8) is 0 Å². The van der Waals surface area contributed by atoms with Crippen LogP contribution >= 0.6 is 0 Å². The molecule has 0 aliphatic rings. The second-order valence-corrected chi connectivity index (χ2v) is 15.0. The molecule has 0 spiro atoms. The van der Waals surface area contributed by atoms with Gasteiger partial charge in [0.15, 0.2) is 0 Å². The summed E-state index contributed by atoms with van der Waals surface area (Å²) in [6, 6.07) is 19.7. The van der Waals surface area contributed by atoms with Gasteiger partial charge in [-0.25, -0.2) is 9.59 Å². The van der Waals surface area contributed by atoms with E-state index in [2.05, 4.69) is 70.2 Å². The van der Waals surface area contributed by atoms with Gasteiger partial charge >= 0.3 is 17.8 Å². The fourth-order valence-electron chi connectivity index (χ4n) is 6.84. The normalized spacial score (nSPS) is 12.1. The summed E-state index contributed by atoms with van der Waals surface area (Å²) in [7, 11) is 0. The number of H-pyrrole nitrogens is 1. The minimum Gasteiger partial charge on any atom is -0.465 e. The summed E-state index contributed by atoms with van der Waals surface area (Å²) in [6.07, 6.45) is 4.62. The maximum atomic E-state index is 13.6. The van der Waals surface area contributed by atoms with Gasteiger partial charge in [-0.2, -0.15) is 0 Å².